The van der Waals surface area contributed by atoms with E-state index < -0.39 is 0 Å². The topological polar surface area (TPSA) is 55.6 Å². The molecule has 2 rings (SSSR count). The molecular formula is C14H15BrN2O2S. The van der Waals surface area contributed by atoms with Gasteiger partial charge in [-0.3, -0.25) is 0 Å². The van der Waals surface area contributed by atoms with Crippen LogP contribution < -0.4 is 10.6 Å². The van der Waals surface area contributed by atoms with Gasteiger partial charge in [-0.1, -0.05) is 0 Å². The average molecular weight is 355 g/mol. The first-order valence-electron chi connectivity index (χ1n) is 5.94. The number of anilines is 2. The fourth-order valence-electron chi connectivity index (χ4n) is 1.74. The molecule has 0 radical (unpaired) electrons. The lowest BCUT2D eigenvalue weighted by molar-refractivity contribution is 0.0477. The van der Waals surface area contributed by atoms with Gasteiger partial charge in [-0.2, -0.15) is 0 Å². The fraction of sp³-hybridized carbons (Fsp3) is 0.214. The van der Waals surface area contributed by atoms with Crippen molar-refractivity contribution in [3.8, 4) is 0 Å². The van der Waals surface area contributed by atoms with Gasteiger partial charge in [0.25, 0.3) is 0 Å². The van der Waals surface area contributed by atoms with Gasteiger partial charge in [-0.05, 0) is 40.2 Å². The van der Waals surface area contributed by atoms with Gasteiger partial charge in [-0.15, -0.1) is 11.3 Å². The number of halogens is 1. The first kappa shape index (κ1) is 14.9. The maximum Gasteiger partial charge on any atom is 0.338 e. The highest BCUT2D eigenvalue weighted by Gasteiger charge is 2.11. The zero-order valence-electron chi connectivity index (χ0n) is 11.2. The molecule has 20 heavy (non-hydrogen) atoms. The molecule has 0 bridgehead atoms. The highest BCUT2D eigenvalue weighted by molar-refractivity contribution is 9.10. The van der Waals surface area contributed by atoms with Gasteiger partial charge in [0.1, 0.15) is 6.61 Å². The molecular weight excluding hydrogens is 340 g/mol. The molecule has 0 aliphatic carbocycles. The molecule has 0 fully saturated rings. The summed E-state index contributed by atoms with van der Waals surface area (Å²) in [6.45, 7) is 0.268. The van der Waals surface area contributed by atoms with E-state index in [-0.39, 0.29) is 12.6 Å². The Balaban J connectivity index is 2.04. The third-order valence-electron chi connectivity index (χ3n) is 2.71. The molecule has 0 saturated heterocycles. The van der Waals surface area contributed by atoms with E-state index >= 15 is 0 Å². The minimum absolute atomic E-state index is 0.268. The van der Waals surface area contributed by atoms with E-state index in [1.807, 2.05) is 36.5 Å². The normalized spacial score (nSPS) is 10.3. The number of hydrogen-bond donors (Lipinski definition) is 1. The van der Waals surface area contributed by atoms with Gasteiger partial charge >= 0.3 is 5.97 Å². The SMILES string of the molecule is CN(C)c1ccc(C(=O)OCc2cc(Br)cs2)cc1N. The van der Waals surface area contributed by atoms with Crippen molar-refractivity contribution in [1.29, 1.82) is 0 Å². The summed E-state index contributed by atoms with van der Waals surface area (Å²) in [5.41, 5.74) is 7.82. The smallest absolute Gasteiger partial charge is 0.338 e. The molecule has 0 amide bonds. The molecule has 0 aliphatic rings. The van der Waals surface area contributed by atoms with E-state index in [0.29, 0.717) is 11.3 Å². The third-order valence-corrected chi connectivity index (χ3v) is 4.38. The van der Waals surface area contributed by atoms with Gasteiger partial charge < -0.3 is 15.4 Å². The fourth-order valence-corrected chi connectivity index (χ4v) is 3.10. The Kier molecular flexibility index (Phi) is 4.67. The lowest BCUT2D eigenvalue weighted by atomic mass is 10.1. The Morgan fingerprint density at radius 2 is 2.15 bits per heavy atom. The first-order chi connectivity index (χ1) is 9.47. The standard InChI is InChI=1S/C14H15BrN2O2S/c1-17(2)13-4-3-9(5-12(13)16)14(18)19-7-11-6-10(15)8-20-11/h3-6,8H,7,16H2,1-2H3. The van der Waals surface area contributed by atoms with Crippen LogP contribution in [0.4, 0.5) is 11.4 Å². The Hall–Kier alpha value is -1.53. The maximum absolute atomic E-state index is 12.0. The van der Waals surface area contributed by atoms with Crippen LogP contribution in [0.25, 0.3) is 0 Å². The van der Waals surface area contributed by atoms with Crippen molar-refractivity contribution in [3.63, 3.8) is 0 Å². The molecule has 0 saturated carbocycles. The Labute approximate surface area is 130 Å². The molecule has 1 aromatic carbocycles. The Morgan fingerprint density at radius 1 is 1.40 bits per heavy atom. The van der Waals surface area contributed by atoms with Crippen molar-refractivity contribution < 1.29 is 9.53 Å². The van der Waals surface area contributed by atoms with Gasteiger partial charge in [0.05, 0.1) is 16.9 Å². The number of nitrogen functional groups attached to an aromatic ring is 1. The predicted molar refractivity (Wildman–Crippen MR) is 86.3 cm³/mol. The number of hydrogen-bond acceptors (Lipinski definition) is 5. The van der Waals surface area contributed by atoms with Crippen LogP contribution in [0.15, 0.2) is 34.1 Å². The molecule has 4 nitrogen and oxygen atoms in total. The molecule has 1 aromatic heterocycles. The molecule has 0 atom stereocenters. The van der Waals surface area contributed by atoms with Crippen molar-refractivity contribution in [1.82, 2.24) is 0 Å². The van der Waals surface area contributed by atoms with Crippen LogP contribution >= 0.6 is 27.3 Å². The Morgan fingerprint density at radius 3 is 2.70 bits per heavy atom. The molecule has 0 unspecified atom stereocenters. The van der Waals surface area contributed by atoms with Crippen molar-refractivity contribution in [2.24, 2.45) is 0 Å². The van der Waals surface area contributed by atoms with Crippen molar-refractivity contribution in [2.75, 3.05) is 24.7 Å². The predicted octanol–water partition coefficient (Wildman–Crippen LogP) is 3.52. The van der Waals surface area contributed by atoms with Gasteiger partial charge in [0.2, 0.25) is 0 Å². The highest BCUT2D eigenvalue weighted by atomic mass is 79.9. The largest absolute Gasteiger partial charge is 0.456 e. The van der Waals surface area contributed by atoms with Crippen molar-refractivity contribution >= 4 is 44.6 Å². The van der Waals surface area contributed by atoms with E-state index in [9.17, 15) is 4.79 Å². The number of rotatable bonds is 4. The zero-order valence-corrected chi connectivity index (χ0v) is 13.6. The summed E-state index contributed by atoms with van der Waals surface area (Å²) in [5, 5.41) is 1.95. The van der Waals surface area contributed by atoms with E-state index in [0.717, 1.165) is 15.0 Å². The second kappa shape index (κ2) is 6.28. The number of nitrogens with zero attached hydrogens (tertiary/aromatic N) is 1. The minimum Gasteiger partial charge on any atom is -0.456 e. The summed E-state index contributed by atoms with van der Waals surface area (Å²) < 4.78 is 6.26. The lowest BCUT2D eigenvalue weighted by Gasteiger charge is -2.15. The van der Waals surface area contributed by atoms with Crippen molar-refractivity contribution in [2.45, 2.75) is 6.61 Å². The first-order valence-corrected chi connectivity index (χ1v) is 7.61. The van der Waals surface area contributed by atoms with Crippen LogP contribution in [0.3, 0.4) is 0 Å². The number of thiophene rings is 1. The Bertz CT molecular complexity index is 625. The van der Waals surface area contributed by atoms with E-state index in [2.05, 4.69) is 15.9 Å². The van der Waals surface area contributed by atoms with E-state index in [4.69, 9.17) is 10.5 Å². The number of nitrogens with two attached hydrogens (primary N) is 1. The third kappa shape index (κ3) is 3.52. The molecule has 1 heterocycles. The molecule has 6 heteroatoms. The zero-order chi connectivity index (χ0) is 14.7. The van der Waals surface area contributed by atoms with Gasteiger partial charge in [0, 0.05) is 28.8 Å². The molecule has 2 N–H and O–H groups in total. The second-order valence-electron chi connectivity index (χ2n) is 4.48. The molecule has 0 spiro atoms. The van der Waals surface area contributed by atoms with Crippen LogP contribution in [0.5, 0.6) is 0 Å². The van der Waals surface area contributed by atoms with Crippen molar-refractivity contribution in [3.05, 3.63) is 44.6 Å². The lowest BCUT2D eigenvalue weighted by Crippen LogP contribution is -2.12. The monoisotopic (exact) mass is 354 g/mol. The molecule has 0 aliphatic heterocycles. The second-order valence-corrected chi connectivity index (χ2v) is 6.39. The number of ether oxygens (including phenoxy) is 1. The molecule has 106 valence electrons. The molecule has 2 aromatic rings. The highest BCUT2D eigenvalue weighted by Crippen LogP contribution is 2.24. The maximum atomic E-state index is 12.0. The van der Waals surface area contributed by atoms with Crippen LogP contribution in [0, 0.1) is 0 Å². The minimum atomic E-state index is -0.369. The van der Waals surface area contributed by atoms with E-state index in [1.165, 1.54) is 0 Å². The number of esters is 1. The number of benzene rings is 1. The van der Waals surface area contributed by atoms with Crippen LogP contribution in [-0.4, -0.2) is 20.1 Å². The number of carbonyl (C=O) groups excluding carboxylic acids is 1. The van der Waals surface area contributed by atoms with Crippen LogP contribution in [0.2, 0.25) is 0 Å². The quantitative estimate of drug-likeness (QED) is 0.674. The van der Waals surface area contributed by atoms with E-state index in [1.54, 1.807) is 23.5 Å². The van der Waals surface area contributed by atoms with Gasteiger partial charge in [-0.25, -0.2) is 4.79 Å². The van der Waals surface area contributed by atoms with Crippen LogP contribution in [-0.2, 0) is 11.3 Å². The van der Waals surface area contributed by atoms with Gasteiger partial charge in [0.15, 0.2) is 0 Å². The summed E-state index contributed by atoms with van der Waals surface area (Å²) in [6, 6.07) is 7.11. The summed E-state index contributed by atoms with van der Waals surface area (Å²) in [6.07, 6.45) is 0. The summed E-state index contributed by atoms with van der Waals surface area (Å²) in [5.74, 6) is -0.369. The summed E-state index contributed by atoms with van der Waals surface area (Å²) in [4.78, 5) is 14.8. The average Bonchev–Trinajstić information content (AvgIpc) is 2.81. The number of carbonyl (C=O) groups is 1. The van der Waals surface area contributed by atoms with Crippen LogP contribution in [0.1, 0.15) is 15.2 Å². The summed E-state index contributed by atoms with van der Waals surface area (Å²) >= 11 is 4.90. The summed E-state index contributed by atoms with van der Waals surface area (Å²) in [7, 11) is 3.80.